The second-order valence-electron chi connectivity index (χ2n) is 8.79. The Morgan fingerprint density at radius 3 is 2.14 bits per heavy atom. The van der Waals surface area contributed by atoms with Gasteiger partial charge in [-0.05, 0) is 63.8 Å². The minimum atomic E-state index is -0.573. The number of hydrogen-bond donors (Lipinski definition) is 0. The molecule has 0 aliphatic rings. The molecule has 0 amide bonds. The normalized spacial score (nSPS) is 14.9. The van der Waals surface area contributed by atoms with Gasteiger partial charge in [-0.2, -0.15) is 0 Å². The van der Waals surface area contributed by atoms with Gasteiger partial charge < -0.3 is 14.2 Å². The Labute approximate surface area is 169 Å². The summed E-state index contributed by atoms with van der Waals surface area (Å²) in [6.07, 6.45) is -0.296. The van der Waals surface area contributed by atoms with Gasteiger partial charge in [-0.1, -0.05) is 26.8 Å². The molecular formula is C23H36O5. The first-order valence-electron chi connectivity index (χ1n) is 9.92. The molecule has 1 aromatic rings. The van der Waals surface area contributed by atoms with E-state index in [0.29, 0.717) is 0 Å². The van der Waals surface area contributed by atoms with Crippen molar-refractivity contribution in [2.24, 2.45) is 11.8 Å². The maximum Gasteiger partial charge on any atom is 0.310 e. The second kappa shape index (κ2) is 9.94. The predicted octanol–water partition coefficient (Wildman–Crippen LogP) is 5.04. The van der Waals surface area contributed by atoms with Gasteiger partial charge in [-0.3, -0.25) is 9.59 Å². The summed E-state index contributed by atoms with van der Waals surface area (Å²) in [5.41, 5.74) is 1.62. The molecule has 0 spiro atoms. The molecular weight excluding hydrogens is 356 g/mol. The summed E-state index contributed by atoms with van der Waals surface area (Å²) in [6, 6.07) is 5.89. The molecule has 0 fully saturated rings. The molecule has 0 N–H and O–H groups in total. The lowest BCUT2D eigenvalue weighted by molar-refractivity contribution is -0.165. The fourth-order valence-corrected chi connectivity index (χ4v) is 3.07. The average molecular weight is 393 g/mol. The molecule has 0 aliphatic heterocycles. The highest BCUT2D eigenvalue weighted by Gasteiger charge is 2.31. The quantitative estimate of drug-likeness (QED) is 0.580. The molecule has 5 heteroatoms. The largest absolute Gasteiger partial charge is 0.497 e. The van der Waals surface area contributed by atoms with E-state index in [1.165, 1.54) is 0 Å². The highest BCUT2D eigenvalue weighted by Crippen LogP contribution is 2.29. The predicted molar refractivity (Wildman–Crippen MR) is 110 cm³/mol. The molecule has 5 nitrogen and oxygen atoms in total. The van der Waals surface area contributed by atoms with E-state index in [4.69, 9.17) is 14.2 Å². The van der Waals surface area contributed by atoms with Crippen LogP contribution in [0.4, 0.5) is 0 Å². The van der Waals surface area contributed by atoms with E-state index in [-0.39, 0.29) is 36.3 Å². The van der Waals surface area contributed by atoms with Gasteiger partial charge in [0.05, 0.1) is 19.4 Å². The highest BCUT2D eigenvalue weighted by molar-refractivity contribution is 5.80. The van der Waals surface area contributed by atoms with Crippen LogP contribution in [-0.4, -0.2) is 30.8 Å². The van der Waals surface area contributed by atoms with Gasteiger partial charge in [0.15, 0.2) is 0 Å². The minimum Gasteiger partial charge on any atom is -0.497 e. The number of carbonyl (C=O) groups is 2. The number of esters is 2. The molecule has 3 atom stereocenters. The summed E-state index contributed by atoms with van der Waals surface area (Å²) in [6.45, 7) is 15.2. The maximum absolute atomic E-state index is 12.8. The maximum atomic E-state index is 12.8. The van der Waals surface area contributed by atoms with Crippen LogP contribution in [0.15, 0.2) is 18.2 Å². The number of rotatable bonds is 8. The number of benzene rings is 1. The van der Waals surface area contributed by atoms with Gasteiger partial charge in [0.25, 0.3) is 0 Å². The van der Waals surface area contributed by atoms with Gasteiger partial charge in [0, 0.05) is 5.92 Å². The number of carbonyl (C=O) groups excluding carboxylic acids is 2. The highest BCUT2D eigenvalue weighted by atomic mass is 16.6. The summed E-state index contributed by atoms with van der Waals surface area (Å²) >= 11 is 0. The Morgan fingerprint density at radius 2 is 1.68 bits per heavy atom. The number of aryl methyl sites for hydroxylation is 1. The fourth-order valence-electron chi connectivity index (χ4n) is 3.07. The monoisotopic (exact) mass is 392 g/mol. The van der Waals surface area contributed by atoms with Crippen molar-refractivity contribution < 1.29 is 23.8 Å². The van der Waals surface area contributed by atoms with Crippen LogP contribution in [0.25, 0.3) is 0 Å². The molecule has 0 aliphatic carbocycles. The van der Waals surface area contributed by atoms with Crippen molar-refractivity contribution >= 4 is 11.9 Å². The lowest BCUT2D eigenvalue weighted by atomic mass is 9.90. The lowest BCUT2D eigenvalue weighted by Crippen LogP contribution is -2.32. The average Bonchev–Trinajstić information content (AvgIpc) is 2.56. The van der Waals surface area contributed by atoms with Crippen LogP contribution in [0.5, 0.6) is 5.75 Å². The lowest BCUT2D eigenvalue weighted by Gasteiger charge is -2.27. The van der Waals surface area contributed by atoms with Crippen molar-refractivity contribution in [1.29, 1.82) is 0 Å². The van der Waals surface area contributed by atoms with E-state index in [0.717, 1.165) is 16.9 Å². The fraction of sp³-hybridized carbons (Fsp3) is 0.652. The first-order chi connectivity index (χ1) is 12.9. The Morgan fingerprint density at radius 1 is 1.07 bits per heavy atom. The Hall–Kier alpha value is -2.04. The molecule has 1 aromatic carbocycles. The molecule has 0 radical (unpaired) electrons. The third kappa shape index (κ3) is 7.17. The van der Waals surface area contributed by atoms with Crippen molar-refractivity contribution in [2.75, 3.05) is 7.11 Å². The summed E-state index contributed by atoms with van der Waals surface area (Å²) in [4.78, 5) is 24.9. The van der Waals surface area contributed by atoms with Crippen molar-refractivity contribution in [3.05, 3.63) is 29.3 Å². The van der Waals surface area contributed by atoms with Crippen molar-refractivity contribution in [1.82, 2.24) is 0 Å². The zero-order valence-electron chi connectivity index (χ0n) is 18.8. The zero-order chi connectivity index (χ0) is 21.6. The topological polar surface area (TPSA) is 61.8 Å². The van der Waals surface area contributed by atoms with Gasteiger partial charge >= 0.3 is 11.9 Å². The van der Waals surface area contributed by atoms with Crippen LogP contribution in [0.2, 0.25) is 0 Å². The molecule has 0 heterocycles. The van der Waals surface area contributed by atoms with Crippen LogP contribution in [-0.2, 0) is 19.1 Å². The van der Waals surface area contributed by atoms with E-state index < -0.39 is 11.5 Å². The van der Waals surface area contributed by atoms with Crippen molar-refractivity contribution in [2.45, 2.75) is 79.4 Å². The third-order valence-corrected chi connectivity index (χ3v) is 4.89. The SMILES string of the molecule is COc1ccc([C@@H](C)[C@@H](C)OC(=O)[C@@H](CC(=O)OC(C)(C)C)C(C)C)c(C)c1. The van der Waals surface area contributed by atoms with Crippen LogP contribution >= 0.6 is 0 Å². The third-order valence-electron chi connectivity index (χ3n) is 4.89. The first kappa shape index (κ1) is 24.0. The summed E-state index contributed by atoms with van der Waals surface area (Å²) < 4.78 is 16.4. The minimum absolute atomic E-state index is 0.0178. The summed E-state index contributed by atoms with van der Waals surface area (Å²) in [7, 11) is 1.64. The van der Waals surface area contributed by atoms with Crippen LogP contribution in [0.3, 0.4) is 0 Å². The number of ether oxygens (including phenoxy) is 3. The van der Waals surface area contributed by atoms with E-state index >= 15 is 0 Å². The molecule has 158 valence electrons. The molecule has 0 saturated carbocycles. The first-order valence-corrected chi connectivity index (χ1v) is 9.92. The number of methoxy groups -OCH3 is 1. The smallest absolute Gasteiger partial charge is 0.310 e. The van der Waals surface area contributed by atoms with Gasteiger partial charge in [-0.25, -0.2) is 0 Å². The van der Waals surface area contributed by atoms with E-state index in [2.05, 4.69) is 0 Å². The van der Waals surface area contributed by atoms with Crippen molar-refractivity contribution in [3.63, 3.8) is 0 Å². The van der Waals surface area contributed by atoms with Gasteiger partial charge in [0.1, 0.15) is 17.5 Å². The molecule has 0 aromatic heterocycles. The molecule has 0 bridgehead atoms. The van der Waals surface area contributed by atoms with E-state index in [1.54, 1.807) is 7.11 Å². The summed E-state index contributed by atoms with van der Waals surface area (Å²) in [5, 5.41) is 0. The van der Waals surface area contributed by atoms with E-state index in [9.17, 15) is 9.59 Å². The number of hydrogen-bond acceptors (Lipinski definition) is 5. The van der Waals surface area contributed by atoms with Crippen LogP contribution in [0.1, 0.15) is 71.9 Å². The molecule has 1 rings (SSSR count). The second-order valence-corrected chi connectivity index (χ2v) is 8.79. The molecule has 0 unspecified atom stereocenters. The van der Waals surface area contributed by atoms with Gasteiger partial charge in [0.2, 0.25) is 0 Å². The Balaban J connectivity index is 2.82. The summed E-state index contributed by atoms with van der Waals surface area (Å²) in [5.74, 6) is -0.465. The van der Waals surface area contributed by atoms with Crippen LogP contribution in [0, 0.1) is 18.8 Å². The molecule has 0 saturated heterocycles. The van der Waals surface area contributed by atoms with E-state index in [1.807, 2.05) is 73.6 Å². The Kier molecular flexibility index (Phi) is 8.52. The Bertz CT molecular complexity index is 672. The zero-order valence-corrected chi connectivity index (χ0v) is 18.8. The van der Waals surface area contributed by atoms with Crippen molar-refractivity contribution in [3.8, 4) is 5.75 Å². The van der Waals surface area contributed by atoms with Crippen LogP contribution < -0.4 is 4.74 Å². The standard InChI is InChI=1S/C23H36O5/c1-14(2)20(13-21(24)28-23(6,7)8)22(25)27-17(5)16(4)19-11-10-18(26-9)12-15(19)3/h10-12,14,16-17,20H,13H2,1-9H3/t16-,17+,20-/m0/s1. The van der Waals surface area contributed by atoms with Gasteiger partial charge in [-0.15, -0.1) is 0 Å². The molecule has 28 heavy (non-hydrogen) atoms.